The fraction of sp³-hybridized carbons (Fsp3) is 0.367. The van der Waals surface area contributed by atoms with Crippen LogP contribution in [0.4, 0.5) is 5.69 Å². The van der Waals surface area contributed by atoms with E-state index in [1.54, 1.807) is 24.3 Å². The predicted octanol–water partition coefficient (Wildman–Crippen LogP) is 4.16. The number of rotatable bonds is 5. The molecular weight excluding hydrogens is 478 g/mol. The van der Waals surface area contributed by atoms with Gasteiger partial charge in [0.05, 0.1) is 18.0 Å². The van der Waals surface area contributed by atoms with Crippen LogP contribution in [0.3, 0.4) is 0 Å². The molecule has 2 aliphatic heterocycles. The van der Waals surface area contributed by atoms with Gasteiger partial charge in [0.1, 0.15) is 0 Å². The smallest absolute Gasteiger partial charge is 0.251 e. The number of H-pyrrole nitrogens is 1. The van der Waals surface area contributed by atoms with Gasteiger partial charge in [-0.2, -0.15) is 0 Å². The van der Waals surface area contributed by atoms with Crippen LogP contribution in [0.15, 0.2) is 66.9 Å². The molecule has 196 valence electrons. The monoisotopic (exact) mass is 511 g/mol. The highest BCUT2D eigenvalue weighted by Crippen LogP contribution is 2.51. The van der Waals surface area contributed by atoms with Crippen molar-refractivity contribution in [3.05, 3.63) is 89.2 Å². The van der Waals surface area contributed by atoms with Gasteiger partial charge in [0.25, 0.3) is 5.91 Å². The number of hydrogen-bond acceptors (Lipinski definition) is 4. The molecule has 8 nitrogen and oxygen atoms in total. The molecule has 3 amide bonds. The van der Waals surface area contributed by atoms with Crippen molar-refractivity contribution in [1.29, 1.82) is 0 Å². The second-order valence-electron chi connectivity index (χ2n) is 10.7. The molecule has 2 fully saturated rings. The van der Waals surface area contributed by atoms with E-state index in [1.807, 2.05) is 24.4 Å². The molecule has 38 heavy (non-hydrogen) atoms. The van der Waals surface area contributed by atoms with Gasteiger partial charge in [-0.05, 0) is 67.3 Å². The topological polar surface area (TPSA) is 120 Å². The van der Waals surface area contributed by atoms with Crippen molar-refractivity contribution >= 4 is 23.4 Å². The van der Waals surface area contributed by atoms with Gasteiger partial charge in [0.2, 0.25) is 11.8 Å². The quantitative estimate of drug-likeness (QED) is 0.411. The van der Waals surface area contributed by atoms with E-state index >= 15 is 0 Å². The molecule has 0 spiro atoms. The standard InChI is InChI=1S/C30H33N5O3/c31-28(36)18-11-13-19(14-12-18)29(37)34-24-9-4-2-7-21(24)30(38)35-17-15-22-26(25-10-5-16-32-25)33-23-8-3-1-6-20(23)27(22)35/h1,3,5-6,8,10-14,16,21-22,24,26-27,32-33H,2,4,7,9,15,17H2,(H2,31,36)(H,34,37)/t21-,22+,24+,26+,27-/m0/s1. The Labute approximate surface area is 222 Å². The van der Waals surface area contributed by atoms with Crippen molar-refractivity contribution in [2.24, 2.45) is 17.6 Å². The lowest BCUT2D eigenvalue weighted by Gasteiger charge is -2.41. The molecule has 3 heterocycles. The summed E-state index contributed by atoms with van der Waals surface area (Å²) in [6, 6.07) is 18.6. The molecule has 6 rings (SSSR count). The summed E-state index contributed by atoms with van der Waals surface area (Å²) in [7, 11) is 0. The van der Waals surface area contributed by atoms with Gasteiger partial charge in [0, 0.05) is 47.2 Å². The van der Waals surface area contributed by atoms with Gasteiger partial charge < -0.3 is 26.3 Å². The van der Waals surface area contributed by atoms with E-state index in [0.29, 0.717) is 17.7 Å². The number of primary amides is 1. The summed E-state index contributed by atoms with van der Waals surface area (Å²) in [4.78, 5) is 44.1. The van der Waals surface area contributed by atoms with Crippen LogP contribution in [-0.2, 0) is 4.79 Å². The first-order valence-electron chi connectivity index (χ1n) is 13.5. The number of hydrogen-bond donors (Lipinski definition) is 4. The highest BCUT2D eigenvalue weighted by Gasteiger charge is 2.48. The number of para-hydroxylation sites is 1. The number of amides is 3. The molecule has 3 aromatic rings. The molecule has 0 bridgehead atoms. The lowest BCUT2D eigenvalue weighted by molar-refractivity contribution is -0.138. The number of carbonyl (C=O) groups excluding carboxylic acids is 3. The Morgan fingerprint density at radius 2 is 1.66 bits per heavy atom. The van der Waals surface area contributed by atoms with E-state index in [0.717, 1.165) is 49.0 Å². The molecule has 3 aliphatic rings. The number of nitrogens with zero attached hydrogens (tertiary/aromatic N) is 1. The summed E-state index contributed by atoms with van der Waals surface area (Å²) in [6.07, 6.45) is 6.34. The van der Waals surface area contributed by atoms with E-state index < -0.39 is 5.91 Å². The summed E-state index contributed by atoms with van der Waals surface area (Å²) < 4.78 is 0. The van der Waals surface area contributed by atoms with Crippen LogP contribution in [0.25, 0.3) is 0 Å². The first-order valence-corrected chi connectivity index (χ1v) is 13.5. The third kappa shape index (κ3) is 4.34. The molecule has 5 atom stereocenters. The first kappa shape index (κ1) is 24.3. The number of carbonyl (C=O) groups is 3. The van der Waals surface area contributed by atoms with Crippen LogP contribution in [0.5, 0.6) is 0 Å². The molecule has 8 heteroatoms. The third-order valence-corrected chi connectivity index (χ3v) is 8.53. The average molecular weight is 512 g/mol. The van der Waals surface area contributed by atoms with E-state index in [9.17, 15) is 14.4 Å². The third-order valence-electron chi connectivity index (χ3n) is 8.53. The van der Waals surface area contributed by atoms with Crippen LogP contribution in [0.1, 0.15) is 76.2 Å². The maximum absolute atomic E-state index is 14.2. The van der Waals surface area contributed by atoms with E-state index in [1.165, 1.54) is 0 Å². The van der Waals surface area contributed by atoms with Gasteiger partial charge in [0.15, 0.2) is 0 Å². The van der Waals surface area contributed by atoms with E-state index in [2.05, 4.69) is 38.7 Å². The Bertz CT molecular complexity index is 1340. The van der Waals surface area contributed by atoms with Crippen molar-refractivity contribution in [2.45, 2.75) is 50.2 Å². The van der Waals surface area contributed by atoms with Gasteiger partial charge in [-0.15, -0.1) is 0 Å². The summed E-state index contributed by atoms with van der Waals surface area (Å²) in [5.74, 6) is -0.635. The Balaban J connectivity index is 1.24. The van der Waals surface area contributed by atoms with Crippen molar-refractivity contribution < 1.29 is 14.4 Å². The number of aromatic nitrogens is 1. The second-order valence-corrected chi connectivity index (χ2v) is 10.7. The van der Waals surface area contributed by atoms with Crippen LogP contribution >= 0.6 is 0 Å². The molecule has 1 saturated carbocycles. The SMILES string of the molecule is NC(=O)c1ccc(C(=O)N[C@@H]2CCCC[C@@H]2C(=O)N2CC[C@@H]3[C@H](c4ccc[nH]4)Nc4ccccc4[C@@H]32)cc1. The summed E-state index contributed by atoms with van der Waals surface area (Å²) in [6.45, 7) is 0.702. The highest BCUT2D eigenvalue weighted by atomic mass is 16.2. The van der Waals surface area contributed by atoms with Gasteiger partial charge >= 0.3 is 0 Å². The number of aromatic amines is 1. The molecule has 1 aromatic heterocycles. The number of anilines is 1. The summed E-state index contributed by atoms with van der Waals surface area (Å²) >= 11 is 0. The van der Waals surface area contributed by atoms with E-state index in [-0.39, 0.29) is 41.8 Å². The number of likely N-dealkylation sites (tertiary alicyclic amines) is 1. The fourth-order valence-electron chi connectivity index (χ4n) is 6.67. The van der Waals surface area contributed by atoms with E-state index in [4.69, 9.17) is 5.73 Å². The van der Waals surface area contributed by atoms with Crippen LogP contribution in [-0.4, -0.2) is 40.2 Å². The number of fused-ring (bicyclic) bond motifs is 3. The van der Waals surface area contributed by atoms with Gasteiger partial charge in [-0.1, -0.05) is 31.0 Å². The second kappa shape index (κ2) is 10.0. The van der Waals surface area contributed by atoms with Crippen molar-refractivity contribution in [1.82, 2.24) is 15.2 Å². The summed E-state index contributed by atoms with van der Waals surface area (Å²) in [5, 5.41) is 6.86. The zero-order valence-electron chi connectivity index (χ0n) is 21.2. The first-order chi connectivity index (χ1) is 18.5. The van der Waals surface area contributed by atoms with Crippen LogP contribution in [0, 0.1) is 11.8 Å². The van der Waals surface area contributed by atoms with Crippen molar-refractivity contribution in [2.75, 3.05) is 11.9 Å². The largest absolute Gasteiger partial charge is 0.376 e. The lowest BCUT2D eigenvalue weighted by atomic mass is 9.80. The minimum atomic E-state index is -0.531. The molecule has 2 aromatic carbocycles. The minimum Gasteiger partial charge on any atom is -0.376 e. The molecular formula is C30H33N5O3. The number of nitrogens with one attached hydrogen (secondary N) is 3. The molecule has 0 radical (unpaired) electrons. The minimum absolute atomic E-state index is 0.00660. The maximum Gasteiger partial charge on any atom is 0.251 e. The van der Waals surface area contributed by atoms with Crippen molar-refractivity contribution in [3.8, 4) is 0 Å². The molecule has 1 aliphatic carbocycles. The average Bonchev–Trinajstić information content (AvgIpc) is 3.64. The summed E-state index contributed by atoms with van der Waals surface area (Å²) in [5.41, 5.74) is 9.50. The Morgan fingerprint density at radius 3 is 2.42 bits per heavy atom. The van der Waals surface area contributed by atoms with Crippen LogP contribution in [0.2, 0.25) is 0 Å². The van der Waals surface area contributed by atoms with Gasteiger partial charge in [-0.3, -0.25) is 14.4 Å². The Morgan fingerprint density at radius 1 is 0.895 bits per heavy atom. The number of nitrogens with two attached hydrogens (primary N) is 1. The normalized spacial score (nSPS) is 26.1. The zero-order valence-corrected chi connectivity index (χ0v) is 21.2. The van der Waals surface area contributed by atoms with Crippen molar-refractivity contribution in [3.63, 3.8) is 0 Å². The number of benzene rings is 2. The molecule has 1 saturated heterocycles. The lowest BCUT2D eigenvalue weighted by Crippen LogP contribution is -2.50. The predicted molar refractivity (Wildman–Crippen MR) is 144 cm³/mol. The molecule has 5 N–H and O–H groups in total. The van der Waals surface area contributed by atoms with Gasteiger partial charge in [-0.25, -0.2) is 0 Å². The molecule has 0 unspecified atom stereocenters. The maximum atomic E-state index is 14.2. The van der Waals surface area contributed by atoms with Crippen LogP contribution < -0.4 is 16.4 Å². The Kier molecular flexibility index (Phi) is 6.39. The fourth-order valence-corrected chi connectivity index (χ4v) is 6.67. The zero-order chi connectivity index (χ0) is 26.2. The Hall–Kier alpha value is -4.07. The highest BCUT2D eigenvalue weighted by molar-refractivity contribution is 5.97.